The van der Waals surface area contributed by atoms with Crippen molar-refractivity contribution in [3.63, 3.8) is 0 Å². The fourth-order valence-corrected chi connectivity index (χ4v) is 3.80. The van der Waals surface area contributed by atoms with Crippen LogP contribution in [-0.2, 0) is 13.0 Å². The number of carbonyl (C=O) groups is 1. The molecule has 2 aromatic heterocycles. The van der Waals surface area contributed by atoms with Gasteiger partial charge >= 0.3 is 0 Å². The largest absolute Gasteiger partial charge is 0.361 e. The van der Waals surface area contributed by atoms with Gasteiger partial charge in [-0.1, -0.05) is 56.2 Å². The standard InChI is InChI=1S/C24H26N4O2/c1-2-3-8-15-28-24(30)20-11-5-4-10-19(20)22(27-28)23(29)25-14-13-17-16-26-21-12-7-6-9-18(17)21/h4-7,9-12,16,26H,2-3,8,13-15H2,1H3,(H,25,29). The third kappa shape index (κ3) is 3.99. The van der Waals surface area contributed by atoms with Crippen molar-refractivity contribution in [2.24, 2.45) is 0 Å². The van der Waals surface area contributed by atoms with Crippen LogP contribution in [0, 0.1) is 0 Å². The lowest BCUT2D eigenvalue weighted by molar-refractivity contribution is 0.0948. The minimum absolute atomic E-state index is 0.142. The normalized spacial score (nSPS) is 11.2. The number of aryl methyl sites for hydroxylation is 1. The predicted octanol–water partition coefficient (Wildman–Crippen LogP) is 4.04. The van der Waals surface area contributed by atoms with Crippen molar-refractivity contribution in [3.05, 3.63) is 76.3 Å². The first-order valence-electron chi connectivity index (χ1n) is 10.5. The van der Waals surface area contributed by atoms with Crippen LogP contribution in [0.2, 0.25) is 0 Å². The minimum atomic E-state index is -0.254. The maximum absolute atomic E-state index is 12.9. The Morgan fingerprint density at radius 1 is 1.03 bits per heavy atom. The number of amides is 1. The van der Waals surface area contributed by atoms with Crippen molar-refractivity contribution < 1.29 is 4.79 Å². The van der Waals surface area contributed by atoms with Gasteiger partial charge in [0.25, 0.3) is 11.5 Å². The highest BCUT2D eigenvalue weighted by Gasteiger charge is 2.16. The number of benzene rings is 2. The van der Waals surface area contributed by atoms with Crippen molar-refractivity contribution in [2.45, 2.75) is 39.2 Å². The molecule has 0 saturated heterocycles. The van der Waals surface area contributed by atoms with Crippen LogP contribution in [0.5, 0.6) is 0 Å². The molecule has 0 aliphatic carbocycles. The van der Waals surface area contributed by atoms with Gasteiger partial charge in [-0.25, -0.2) is 4.68 Å². The van der Waals surface area contributed by atoms with Crippen molar-refractivity contribution in [1.82, 2.24) is 20.1 Å². The lowest BCUT2D eigenvalue weighted by Crippen LogP contribution is -2.31. The Labute approximate surface area is 174 Å². The van der Waals surface area contributed by atoms with E-state index in [-0.39, 0.29) is 11.5 Å². The zero-order chi connectivity index (χ0) is 20.9. The van der Waals surface area contributed by atoms with E-state index in [1.165, 1.54) is 10.1 Å². The zero-order valence-corrected chi connectivity index (χ0v) is 17.1. The molecule has 0 aliphatic heterocycles. The number of aromatic amines is 1. The molecule has 0 spiro atoms. The fraction of sp³-hybridized carbons (Fsp3) is 0.292. The van der Waals surface area contributed by atoms with Crippen LogP contribution < -0.4 is 10.9 Å². The Bertz CT molecular complexity index is 1240. The number of nitrogens with one attached hydrogen (secondary N) is 2. The summed E-state index contributed by atoms with van der Waals surface area (Å²) in [5, 5.41) is 9.70. The summed E-state index contributed by atoms with van der Waals surface area (Å²) in [5.41, 5.74) is 2.41. The fourth-order valence-electron chi connectivity index (χ4n) is 3.80. The zero-order valence-electron chi connectivity index (χ0n) is 17.1. The summed E-state index contributed by atoms with van der Waals surface area (Å²) in [6.45, 7) is 3.13. The summed E-state index contributed by atoms with van der Waals surface area (Å²) in [5.74, 6) is -0.254. The first-order valence-corrected chi connectivity index (χ1v) is 10.5. The summed E-state index contributed by atoms with van der Waals surface area (Å²) in [6.07, 6.45) is 5.64. The van der Waals surface area contributed by atoms with Crippen LogP contribution in [0.3, 0.4) is 0 Å². The second-order valence-electron chi connectivity index (χ2n) is 7.49. The number of hydrogen-bond acceptors (Lipinski definition) is 3. The monoisotopic (exact) mass is 402 g/mol. The molecule has 6 nitrogen and oxygen atoms in total. The molecule has 0 bridgehead atoms. The Balaban J connectivity index is 1.54. The summed E-state index contributed by atoms with van der Waals surface area (Å²) in [6, 6.07) is 15.3. The van der Waals surface area contributed by atoms with E-state index >= 15 is 0 Å². The Kier molecular flexibility index (Phi) is 5.93. The van der Waals surface area contributed by atoms with E-state index in [1.54, 1.807) is 12.1 Å². The van der Waals surface area contributed by atoms with Crippen LogP contribution in [-0.4, -0.2) is 27.2 Å². The minimum Gasteiger partial charge on any atom is -0.361 e. The topological polar surface area (TPSA) is 79.8 Å². The molecule has 0 saturated carbocycles. The molecule has 154 valence electrons. The smallest absolute Gasteiger partial charge is 0.274 e. The van der Waals surface area contributed by atoms with Gasteiger partial charge in [0, 0.05) is 35.6 Å². The number of carbonyl (C=O) groups excluding carboxylic acids is 1. The maximum atomic E-state index is 12.9. The molecule has 0 fully saturated rings. The quantitative estimate of drug-likeness (QED) is 0.437. The van der Waals surface area contributed by atoms with Crippen molar-refractivity contribution >= 4 is 27.6 Å². The van der Waals surface area contributed by atoms with Gasteiger partial charge in [0.1, 0.15) is 0 Å². The van der Waals surface area contributed by atoms with Crippen molar-refractivity contribution in [3.8, 4) is 0 Å². The van der Waals surface area contributed by atoms with Crippen LogP contribution in [0.4, 0.5) is 0 Å². The highest BCUT2D eigenvalue weighted by atomic mass is 16.2. The van der Waals surface area contributed by atoms with Crippen LogP contribution in [0.1, 0.15) is 42.2 Å². The van der Waals surface area contributed by atoms with Gasteiger partial charge in [-0.15, -0.1) is 0 Å². The van der Waals surface area contributed by atoms with E-state index in [9.17, 15) is 9.59 Å². The van der Waals surface area contributed by atoms with Gasteiger partial charge in [0.05, 0.1) is 5.39 Å². The van der Waals surface area contributed by atoms with E-state index in [1.807, 2.05) is 36.5 Å². The number of nitrogens with zero attached hydrogens (tertiary/aromatic N) is 2. The van der Waals surface area contributed by atoms with Gasteiger partial charge in [-0.05, 0) is 30.5 Å². The molecule has 1 amide bonds. The number of fused-ring (bicyclic) bond motifs is 2. The van der Waals surface area contributed by atoms with Crippen molar-refractivity contribution in [2.75, 3.05) is 6.54 Å². The molecule has 30 heavy (non-hydrogen) atoms. The Hall–Kier alpha value is -3.41. The number of rotatable bonds is 8. The summed E-state index contributed by atoms with van der Waals surface area (Å²) >= 11 is 0. The van der Waals surface area contributed by atoms with Crippen LogP contribution in [0.15, 0.2) is 59.5 Å². The molecular weight excluding hydrogens is 376 g/mol. The lowest BCUT2D eigenvalue weighted by atomic mass is 10.1. The molecule has 6 heteroatoms. The van der Waals surface area contributed by atoms with E-state index in [0.29, 0.717) is 36.0 Å². The van der Waals surface area contributed by atoms with Gasteiger partial charge < -0.3 is 10.3 Å². The van der Waals surface area contributed by atoms with E-state index in [0.717, 1.165) is 30.3 Å². The molecule has 2 N–H and O–H groups in total. The third-order valence-corrected chi connectivity index (χ3v) is 5.41. The molecule has 2 aromatic carbocycles. The maximum Gasteiger partial charge on any atom is 0.274 e. The Morgan fingerprint density at radius 2 is 1.77 bits per heavy atom. The summed E-state index contributed by atoms with van der Waals surface area (Å²) in [7, 11) is 0. The van der Waals surface area contributed by atoms with E-state index in [2.05, 4.69) is 28.4 Å². The molecule has 4 aromatic rings. The second kappa shape index (κ2) is 8.95. The molecule has 0 aliphatic rings. The van der Waals surface area contributed by atoms with Gasteiger partial charge in [0.15, 0.2) is 5.69 Å². The van der Waals surface area contributed by atoms with Crippen LogP contribution in [0.25, 0.3) is 21.7 Å². The molecule has 4 rings (SSSR count). The first-order chi connectivity index (χ1) is 14.7. The molecule has 0 unspecified atom stereocenters. The van der Waals surface area contributed by atoms with Gasteiger partial charge in [-0.3, -0.25) is 9.59 Å². The molecule has 0 atom stereocenters. The van der Waals surface area contributed by atoms with Crippen molar-refractivity contribution in [1.29, 1.82) is 0 Å². The highest BCUT2D eigenvalue weighted by molar-refractivity contribution is 6.04. The lowest BCUT2D eigenvalue weighted by Gasteiger charge is -2.11. The Morgan fingerprint density at radius 3 is 2.57 bits per heavy atom. The van der Waals surface area contributed by atoms with E-state index < -0.39 is 0 Å². The van der Waals surface area contributed by atoms with E-state index in [4.69, 9.17) is 0 Å². The van der Waals surface area contributed by atoms with Gasteiger partial charge in [0.2, 0.25) is 0 Å². The third-order valence-electron chi connectivity index (χ3n) is 5.41. The molecular formula is C24H26N4O2. The SMILES string of the molecule is CCCCCn1nc(C(=O)NCCc2c[nH]c3ccccc23)c2ccccc2c1=O. The molecule has 0 radical (unpaired) electrons. The number of aromatic nitrogens is 3. The highest BCUT2D eigenvalue weighted by Crippen LogP contribution is 2.18. The predicted molar refractivity (Wildman–Crippen MR) is 120 cm³/mol. The summed E-state index contributed by atoms with van der Waals surface area (Å²) < 4.78 is 1.44. The average molecular weight is 402 g/mol. The number of hydrogen-bond donors (Lipinski definition) is 2. The first kappa shape index (κ1) is 19.9. The summed E-state index contributed by atoms with van der Waals surface area (Å²) in [4.78, 5) is 29.0. The number of unbranched alkanes of at least 4 members (excludes halogenated alkanes) is 2. The second-order valence-corrected chi connectivity index (χ2v) is 7.49. The number of H-pyrrole nitrogens is 1. The average Bonchev–Trinajstić information content (AvgIpc) is 3.18. The van der Waals surface area contributed by atoms with Crippen LogP contribution >= 0.6 is 0 Å². The van der Waals surface area contributed by atoms with Gasteiger partial charge in [-0.2, -0.15) is 5.10 Å². The number of para-hydroxylation sites is 1. The molecule has 2 heterocycles.